The molecule has 1 saturated heterocycles. The summed E-state index contributed by atoms with van der Waals surface area (Å²) in [6, 6.07) is 0. The van der Waals surface area contributed by atoms with Gasteiger partial charge in [0, 0.05) is 20.1 Å². The molecule has 1 aliphatic heterocycles. The van der Waals surface area contributed by atoms with Crippen LogP contribution < -0.4 is 0 Å². The number of amides is 2. The Morgan fingerprint density at radius 2 is 2.06 bits per heavy atom. The van der Waals surface area contributed by atoms with Crippen LogP contribution in [0.4, 0.5) is 4.79 Å². The quantitative estimate of drug-likeness (QED) is 0.532. The largest absolute Gasteiger partial charge is 0.449 e. The van der Waals surface area contributed by atoms with Crippen LogP contribution in [-0.4, -0.2) is 55.8 Å². The highest BCUT2D eigenvalue weighted by molar-refractivity contribution is 5.81. The molecule has 0 spiro atoms. The van der Waals surface area contributed by atoms with Gasteiger partial charge in [0.1, 0.15) is 0 Å². The first kappa shape index (κ1) is 13.8. The normalized spacial score (nSPS) is 15.4. The van der Waals surface area contributed by atoms with E-state index in [1.54, 1.807) is 7.05 Å². The lowest BCUT2D eigenvalue weighted by Crippen LogP contribution is -2.55. The van der Waals surface area contributed by atoms with Gasteiger partial charge in [-0.2, -0.15) is 0 Å². The molecule has 1 aliphatic rings. The molecular formula is C11H20N2O4. The Hall–Kier alpha value is -1.30. The van der Waals surface area contributed by atoms with Gasteiger partial charge in [-0.25, -0.2) is 9.86 Å². The number of nitrogens with zero attached hydrogens (tertiary/aromatic N) is 2. The topological polar surface area (TPSA) is 59.1 Å². The summed E-state index contributed by atoms with van der Waals surface area (Å²) in [5.41, 5.74) is 0. The average molecular weight is 244 g/mol. The lowest BCUT2D eigenvalue weighted by molar-refractivity contribution is -0.177. The van der Waals surface area contributed by atoms with Gasteiger partial charge in [-0.15, -0.1) is 0 Å². The third-order valence-corrected chi connectivity index (χ3v) is 2.80. The van der Waals surface area contributed by atoms with E-state index >= 15 is 0 Å². The highest BCUT2D eigenvalue weighted by Gasteiger charge is 2.38. The molecule has 6 heteroatoms. The summed E-state index contributed by atoms with van der Waals surface area (Å²) in [6.45, 7) is 3.31. The Morgan fingerprint density at radius 1 is 1.41 bits per heavy atom. The van der Waals surface area contributed by atoms with Crippen molar-refractivity contribution in [2.75, 3.05) is 33.9 Å². The zero-order chi connectivity index (χ0) is 12.8. The Kier molecular flexibility index (Phi) is 5.21. The maximum atomic E-state index is 11.6. The second-order valence-corrected chi connectivity index (χ2v) is 4.09. The van der Waals surface area contributed by atoms with Crippen LogP contribution in [0.5, 0.6) is 0 Å². The Bertz CT molecular complexity index is 277. The fourth-order valence-corrected chi connectivity index (χ4v) is 1.53. The van der Waals surface area contributed by atoms with E-state index in [9.17, 15) is 9.59 Å². The van der Waals surface area contributed by atoms with Crippen LogP contribution >= 0.6 is 0 Å². The van der Waals surface area contributed by atoms with Crippen LogP contribution in [0.2, 0.25) is 0 Å². The van der Waals surface area contributed by atoms with Gasteiger partial charge in [0.15, 0.2) is 0 Å². The molecule has 1 fully saturated rings. The van der Waals surface area contributed by atoms with Gasteiger partial charge in [0.25, 0.3) is 5.91 Å². The van der Waals surface area contributed by atoms with E-state index in [-0.39, 0.29) is 17.9 Å². The minimum atomic E-state index is -0.331. The van der Waals surface area contributed by atoms with Crippen molar-refractivity contribution in [3.8, 4) is 0 Å². The fourth-order valence-electron chi connectivity index (χ4n) is 1.53. The minimum absolute atomic E-state index is 0.106. The number of carbonyl (C=O) groups is 2. The fraction of sp³-hybridized carbons (Fsp3) is 0.818. The highest BCUT2D eigenvalue weighted by atomic mass is 16.7. The maximum absolute atomic E-state index is 11.6. The molecule has 2 amide bonds. The van der Waals surface area contributed by atoms with Crippen molar-refractivity contribution in [3.05, 3.63) is 0 Å². The zero-order valence-electron chi connectivity index (χ0n) is 10.6. The molecule has 98 valence electrons. The number of hydrogen-bond acceptors (Lipinski definition) is 4. The summed E-state index contributed by atoms with van der Waals surface area (Å²) in [5, 5.41) is 1.18. The lowest BCUT2D eigenvalue weighted by atomic mass is 10.00. The van der Waals surface area contributed by atoms with Gasteiger partial charge in [0.05, 0.1) is 19.6 Å². The predicted molar refractivity (Wildman–Crippen MR) is 61.1 cm³/mol. The number of hydroxylamine groups is 2. The first-order valence-electron chi connectivity index (χ1n) is 5.83. The monoisotopic (exact) mass is 244 g/mol. The van der Waals surface area contributed by atoms with Gasteiger partial charge in [-0.1, -0.05) is 13.3 Å². The first-order valence-corrected chi connectivity index (χ1v) is 5.83. The van der Waals surface area contributed by atoms with Gasteiger partial charge in [-0.05, 0) is 6.42 Å². The van der Waals surface area contributed by atoms with Gasteiger partial charge in [0.2, 0.25) is 0 Å². The van der Waals surface area contributed by atoms with Gasteiger partial charge < -0.3 is 9.64 Å². The van der Waals surface area contributed by atoms with Crippen molar-refractivity contribution >= 4 is 12.0 Å². The van der Waals surface area contributed by atoms with Crippen LogP contribution in [0, 0.1) is 5.92 Å². The Morgan fingerprint density at radius 3 is 2.59 bits per heavy atom. The number of hydrogen-bond donors (Lipinski definition) is 0. The summed E-state index contributed by atoms with van der Waals surface area (Å²) in [4.78, 5) is 29.4. The molecule has 0 bridgehead atoms. The number of rotatable bonds is 5. The second kappa shape index (κ2) is 6.44. The molecule has 17 heavy (non-hydrogen) atoms. The lowest BCUT2D eigenvalue weighted by Gasteiger charge is -2.38. The molecule has 1 heterocycles. The minimum Gasteiger partial charge on any atom is -0.449 e. The molecule has 0 saturated carbocycles. The second-order valence-electron chi connectivity index (χ2n) is 4.09. The Labute approximate surface area is 101 Å². The maximum Gasteiger partial charge on any atom is 0.409 e. The van der Waals surface area contributed by atoms with Crippen LogP contribution in [0.25, 0.3) is 0 Å². The van der Waals surface area contributed by atoms with Crippen molar-refractivity contribution in [2.45, 2.75) is 19.8 Å². The number of unbranched alkanes of at least 4 members (excludes halogenated alkanes) is 1. The molecule has 0 aliphatic carbocycles. The van der Waals surface area contributed by atoms with E-state index < -0.39 is 0 Å². The van der Waals surface area contributed by atoms with Crippen molar-refractivity contribution < 1.29 is 19.2 Å². The summed E-state index contributed by atoms with van der Waals surface area (Å²) in [7, 11) is 3.00. The standard InChI is InChI=1S/C11H20N2O4/c1-4-5-6-17-11(15)13-7-9(8-13)10(14)12(2)16-3/h9H,4-8H2,1-3H3. The number of ether oxygens (including phenoxy) is 1. The smallest absolute Gasteiger partial charge is 0.409 e. The third kappa shape index (κ3) is 3.59. The van der Waals surface area contributed by atoms with Crippen LogP contribution in [0.15, 0.2) is 0 Å². The zero-order valence-corrected chi connectivity index (χ0v) is 10.6. The predicted octanol–water partition coefficient (Wildman–Crippen LogP) is 0.875. The molecule has 0 radical (unpaired) electrons. The van der Waals surface area contributed by atoms with E-state index in [4.69, 9.17) is 9.57 Å². The highest BCUT2D eigenvalue weighted by Crippen LogP contribution is 2.18. The third-order valence-electron chi connectivity index (χ3n) is 2.80. The number of likely N-dealkylation sites (tertiary alicyclic amines) is 1. The number of carbonyl (C=O) groups excluding carboxylic acids is 2. The molecular weight excluding hydrogens is 224 g/mol. The van der Waals surface area contributed by atoms with E-state index in [0.29, 0.717) is 19.7 Å². The van der Waals surface area contributed by atoms with Crippen LogP contribution in [0.1, 0.15) is 19.8 Å². The molecule has 0 unspecified atom stereocenters. The molecule has 0 aromatic heterocycles. The van der Waals surface area contributed by atoms with Crippen molar-refractivity contribution in [2.24, 2.45) is 5.92 Å². The van der Waals surface area contributed by atoms with E-state index in [1.165, 1.54) is 17.1 Å². The van der Waals surface area contributed by atoms with Crippen molar-refractivity contribution in [1.29, 1.82) is 0 Å². The summed E-state index contributed by atoms with van der Waals surface area (Å²) < 4.78 is 5.03. The first-order chi connectivity index (χ1) is 8.10. The van der Waals surface area contributed by atoms with Crippen LogP contribution in [0.3, 0.4) is 0 Å². The molecule has 0 aromatic rings. The molecule has 1 rings (SSSR count). The van der Waals surface area contributed by atoms with Gasteiger partial charge >= 0.3 is 6.09 Å². The molecule has 0 N–H and O–H groups in total. The Balaban J connectivity index is 2.22. The summed E-state index contributed by atoms with van der Waals surface area (Å²) in [5.74, 6) is -0.274. The van der Waals surface area contributed by atoms with E-state index in [1.807, 2.05) is 6.92 Å². The molecule has 0 atom stereocenters. The molecule has 6 nitrogen and oxygen atoms in total. The van der Waals surface area contributed by atoms with E-state index in [0.717, 1.165) is 12.8 Å². The van der Waals surface area contributed by atoms with E-state index in [2.05, 4.69) is 0 Å². The van der Waals surface area contributed by atoms with Crippen LogP contribution in [-0.2, 0) is 14.4 Å². The average Bonchev–Trinajstić information content (AvgIpc) is 2.26. The van der Waals surface area contributed by atoms with Crippen molar-refractivity contribution in [3.63, 3.8) is 0 Å². The summed E-state index contributed by atoms with van der Waals surface area (Å²) >= 11 is 0. The van der Waals surface area contributed by atoms with Gasteiger partial charge in [-0.3, -0.25) is 9.63 Å². The molecule has 0 aromatic carbocycles. The summed E-state index contributed by atoms with van der Waals surface area (Å²) in [6.07, 6.45) is 1.53. The van der Waals surface area contributed by atoms with Crippen molar-refractivity contribution in [1.82, 2.24) is 9.96 Å². The SMILES string of the molecule is CCCCOC(=O)N1CC(C(=O)N(C)OC)C1.